The number of amides is 1. The summed E-state index contributed by atoms with van der Waals surface area (Å²) >= 11 is 0. The van der Waals surface area contributed by atoms with E-state index >= 15 is 0 Å². The lowest BCUT2D eigenvalue weighted by atomic mass is 9.85. The smallest absolute Gasteiger partial charge is 0.300 e. The van der Waals surface area contributed by atoms with E-state index in [1.165, 1.54) is 4.90 Å². The fraction of sp³-hybridized carbons (Fsp3) is 0.241. The molecule has 0 spiro atoms. The molecule has 7 nitrogen and oxygen atoms in total. The first kappa shape index (κ1) is 23.5. The number of rotatable bonds is 4. The number of Topliss-reactive ketones (excluding diaryl/α,β-unsaturated/α-hetero) is 1. The van der Waals surface area contributed by atoms with Gasteiger partial charge in [-0.05, 0) is 59.0 Å². The van der Waals surface area contributed by atoms with Gasteiger partial charge in [0.2, 0.25) is 6.79 Å². The Labute approximate surface area is 209 Å². The average molecular weight is 486 g/mol. The summed E-state index contributed by atoms with van der Waals surface area (Å²) in [6, 6.07) is 18.8. The van der Waals surface area contributed by atoms with Gasteiger partial charge in [-0.25, -0.2) is 0 Å². The number of hydrogen-bond donors (Lipinski definition) is 1. The number of hydrogen-bond acceptors (Lipinski definition) is 6. The molecule has 1 saturated heterocycles. The lowest BCUT2D eigenvalue weighted by molar-refractivity contribution is -0.132. The number of carbonyl (C=O) groups excluding carboxylic acids is 2. The van der Waals surface area contributed by atoms with E-state index < -0.39 is 17.7 Å². The molecule has 2 aliphatic heterocycles. The molecule has 1 fully saturated rings. The Morgan fingerprint density at radius 1 is 0.944 bits per heavy atom. The first-order valence-corrected chi connectivity index (χ1v) is 11.6. The van der Waals surface area contributed by atoms with Crippen molar-refractivity contribution in [1.29, 1.82) is 0 Å². The summed E-state index contributed by atoms with van der Waals surface area (Å²) in [5.74, 6) is -0.0957. The fourth-order valence-corrected chi connectivity index (χ4v) is 4.52. The first-order valence-electron chi connectivity index (χ1n) is 11.6. The topological polar surface area (TPSA) is 85.3 Å². The summed E-state index contributed by atoms with van der Waals surface area (Å²) < 4.78 is 16.0. The highest BCUT2D eigenvalue weighted by Crippen LogP contribution is 2.44. The number of anilines is 1. The molecule has 3 aromatic carbocycles. The zero-order valence-electron chi connectivity index (χ0n) is 20.6. The molecular formula is C29H27NO6. The molecule has 1 amide bonds. The molecule has 1 atom stereocenters. The van der Waals surface area contributed by atoms with Crippen LogP contribution in [0.5, 0.6) is 17.2 Å². The molecule has 1 unspecified atom stereocenters. The Balaban J connectivity index is 1.67. The van der Waals surface area contributed by atoms with Crippen LogP contribution in [0.15, 0.2) is 72.3 Å². The molecule has 0 saturated carbocycles. The maximum atomic E-state index is 13.4. The molecule has 2 heterocycles. The molecule has 0 radical (unpaired) electrons. The largest absolute Gasteiger partial charge is 0.507 e. The van der Waals surface area contributed by atoms with E-state index in [1.54, 1.807) is 49.6 Å². The molecular weight excluding hydrogens is 458 g/mol. The first-order chi connectivity index (χ1) is 17.2. The predicted octanol–water partition coefficient (Wildman–Crippen LogP) is 5.35. The van der Waals surface area contributed by atoms with Gasteiger partial charge < -0.3 is 19.3 Å². The standard InChI is InChI=1S/C29H27NO6/c1-29(2,3)19-8-5-17(6-9-19)25-24(26(31)18-7-14-22-23(15-18)36-16-35-22)27(32)28(33)30(25)20-10-12-21(34-4)13-11-20/h5-15,25,31H,16H2,1-4H3/b26-24-. The molecule has 7 heteroatoms. The maximum absolute atomic E-state index is 13.4. The Kier molecular flexibility index (Phi) is 5.71. The van der Waals surface area contributed by atoms with Crippen molar-refractivity contribution < 1.29 is 28.9 Å². The number of benzene rings is 3. The number of aliphatic hydroxyl groups is 1. The van der Waals surface area contributed by atoms with Crippen LogP contribution in [0.4, 0.5) is 5.69 Å². The van der Waals surface area contributed by atoms with Crippen LogP contribution in [-0.2, 0) is 15.0 Å². The van der Waals surface area contributed by atoms with Crippen molar-refractivity contribution in [2.45, 2.75) is 32.2 Å². The number of methoxy groups -OCH3 is 1. The highest BCUT2D eigenvalue weighted by molar-refractivity contribution is 6.51. The molecule has 2 aliphatic rings. The average Bonchev–Trinajstić information content (AvgIpc) is 3.45. The summed E-state index contributed by atoms with van der Waals surface area (Å²) in [5.41, 5.74) is 2.65. The van der Waals surface area contributed by atoms with Crippen molar-refractivity contribution in [1.82, 2.24) is 0 Å². The number of nitrogens with zero attached hydrogens (tertiary/aromatic N) is 1. The summed E-state index contributed by atoms with van der Waals surface area (Å²) in [6.45, 7) is 6.43. The van der Waals surface area contributed by atoms with Crippen molar-refractivity contribution in [3.63, 3.8) is 0 Å². The second-order valence-corrected chi connectivity index (χ2v) is 9.81. The molecule has 184 valence electrons. The van der Waals surface area contributed by atoms with Crippen molar-refractivity contribution in [3.8, 4) is 17.2 Å². The van der Waals surface area contributed by atoms with Crippen LogP contribution in [0.2, 0.25) is 0 Å². The molecule has 36 heavy (non-hydrogen) atoms. The zero-order chi connectivity index (χ0) is 25.6. The molecule has 1 N–H and O–H groups in total. The second-order valence-electron chi connectivity index (χ2n) is 9.81. The van der Waals surface area contributed by atoms with Crippen LogP contribution in [0, 0.1) is 0 Å². The summed E-state index contributed by atoms with van der Waals surface area (Å²) in [6.07, 6.45) is 0. The third kappa shape index (κ3) is 3.96. The Hall–Kier alpha value is -4.26. The molecule has 0 aromatic heterocycles. The highest BCUT2D eigenvalue weighted by atomic mass is 16.7. The lowest BCUT2D eigenvalue weighted by Gasteiger charge is -2.26. The van der Waals surface area contributed by atoms with E-state index in [0.717, 1.165) is 5.56 Å². The molecule has 5 rings (SSSR count). The van der Waals surface area contributed by atoms with Crippen molar-refractivity contribution >= 4 is 23.1 Å². The van der Waals surface area contributed by atoms with Gasteiger partial charge in [0.15, 0.2) is 11.5 Å². The van der Waals surface area contributed by atoms with E-state index in [1.807, 2.05) is 24.3 Å². The van der Waals surface area contributed by atoms with Gasteiger partial charge in [-0.2, -0.15) is 0 Å². The third-order valence-corrected chi connectivity index (χ3v) is 6.53. The molecule has 0 aliphatic carbocycles. The van der Waals surface area contributed by atoms with Crippen molar-refractivity contribution in [3.05, 3.63) is 89.0 Å². The minimum Gasteiger partial charge on any atom is -0.507 e. The Morgan fingerprint density at radius 3 is 2.25 bits per heavy atom. The van der Waals surface area contributed by atoms with Gasteiger partial charge in [-0.15, -0.1) is 0 Å². The van der Waals surface area contributed by atoms with Gasteiger partial charge in [-0.1, -0.05) is 45.0 Å². The maximum Gasteiger partial charge on any atom is 0.300 e. The van der Waals surface area contributed by atoms with Crippen LogP contribution in [0.25, 0.3) is 5.76 Å². The van der Waals surface area contributed by atoms with Crippen molar-refractivity contribution in [2.75, 3.05) is 18.8 Å². The summed E-state index contributed by atoms with van der Waals surface area (Å²) in [7, 11) is 1.56. The SMILES string of the molecule is COc1ccc(N2C(=O)C(=O)/C(=C(\O)c3ccc4c(c3)OCO4)C2c2ccc(C(C)(C)C)cc2)cc1. The van der Waals surface area contributed by atoms with Crippen molar-refractivity contribution in [2.24, 2.45) is 0 Å². The van der Waals surface area contributed by atoms with Gasteiger partial charge in [0, 0.05) is 11.3 Å². The predicted molar refractivity (Wildman–Crippen MR) is 135 cm³/mol. The third-order valence-electron chi connectivity index (χ3n) is 6.53. The fourth-order valence-electron chi connectivity index (χ4n) is 4.52. The van der Waals surface area contributed by atoms with E-state index in [0.29, 0.717) is 34.1 Å². The number of ketones is 1. The van der Waals surface area contributed by atoms with Gasteiger partial charge in [0.05, 0.1) is 18.7 Å². The van der Waals surface area contributed by atoms with Gasteiger partial charge in [0.1, 0.15) is 11.5 Å². The van der Waals surface area contributed by atoms with E-state index in [2.05, 4.69) is 20.8 Å². The minimum absolute atomic E-state index is 0.0122. The quantitative estimate of drug-likeness (QED) is 0.305. The zero-order valence-corrected chi connectivity index (χ0v) is 20.6. The molecule has 0 bridgehead atoms. The van der Waals surface area contributed by atoms with Gasteiger partial charge >= 0.3 is 0 Å². The van der Waals surface area contributed by atoms with E-state index in [-0.39, 0.29) is 23.5 Å². The normalized spacial score (nSPS) is 18.6. The Morgan fingerprint density at radius 2 is 1.61 bits per heavy atom. The summed E-state index contributed by atoms with van der Waals surface area (Å²) in [4.78, 5) is 28.2. The second kappa shape index (κ2) is 8.75. The number of aliphatic hydroxyl groups excluding tert-OH is 1. The van der Waals surface area contributed by atoms with E-state index in [9.17, 15) is 14.7 Å². The van der Waals surface area contributed by atoms with Crippen LogP contribution >= 0.6 is 0 Å². The van der Waals surface area contributed by atoms with Crippen LogP contribution in [0.1, 0.15) is 43.5 Å². The van der Waals surface area contributed by atoms with Crippen LogP contribution in [-0.4, -0.2) is 30.7 Å². The summed E-state index contributed by atoms with van der Waals surface area (Å²) in [5, 5.41) is 11.4. The Bertz CT molecular complexity index is 1370. The van der Waals surface area contributed by atoms with Crippen LogP contribution in [0.3, 0.4) is 0 Å². The number of ether oxygens (including phenoxy) is 3. The lowest BCUT2D eigenvalue weighted by Crippen LogP contribution is -2.29. The van der Waals surface area contributed by atoms with Crippen LogP contribution < -0.4 is 19.1 Å². The highest BCUT2D eigenvalue weighted by Gasteiger charge is 2.47. The molecule has 3 aromatic rings. The van der Waals surface area contributed by atoms with Gasteiger partial charge in [0.25, 0.3) is 11.7 Å². The number of fused-ring (bicyclic) bond motifs is 1. The minimum atomic E-state index is -0.821. The monoisotopic (exact) mass is 485 g/mol. The van der Waals surface area contributed by atoms with E-state index in [4.69, 9.17) is 14.2 Å². The number of carbonyl (C=O) groups is 2. The van der Waals surface area contributed by atoms with Gasteiger partial charge in [-0.3, -0.25) is 14.5 Å².